The molecule has 1 saturated carbocycles. The number of carboxylic acid groups (broad SMARTS) is 1. The average molecular weight is 631 g/mol. The summed E-state index contributed by atoms with van der Waals surface area (Å²) in [6.45, 7) is 15.2. The third-order valence-corrected chi connectivity index (χ3v) is 10.2. The lowest BCUT2D eigenvalue weighted by molar-refractivity contribution is -0.171. The quantitative estimate of drug-likeness (QED) is 0.182. The zero-order chi connectivity index (χ0) is 33.9. The normalized spacial score (nSPS) is 27.4. The Labute approximate surface area is 271 Å². The first kappa shape index (κ1) is 33.5. The van der Waals surface area contributed by atoms with Gasteiger partial charge < -0.3 is 24.8 Å². The van der Waals surface area contributed by atoms with Gasteiger partial charge in [0.15, 0.2) is 22.8 Å². The summed E-state index contributed by atoms with van der Waals surface area (Å²) in [5.74, 6) is -3.33. The molecule has 1 spiro atoms. The number of aliphatic carboxylic acids is 1. The van der Waals surface area contributed by atoms with Crippen LogP contribution in [-0.4, -0.2) is 49.7 Å². The Bertz CT molecular complexity index is 1670. The SMILES string of the molecule is CC(C)=CCC/C(C)=C/Cc1c(O)c(CC=C(C)C)c2c(c1O)C(=O)C1=C[C@@H]3CC4C(C)(C)O[C@](C/C=C(\C)C(=O)O)(C3=O)[C@@]14O2. The second kappa shape index (κ2) is 11.7. The molecule has 8 heteroatoms. The number of carbonyl (C=O) groups is 3. The summed E-state index contributed by atoms with van der Waals surface area (Å²) in [5, 5.41) is 33.0. The van der Waals surface area contributed by atoms with Crippen LogP contribution in [-0.2, 0) is 27.2 Å². The van der Waals surface area contributed by atoms with E-state index in [1.165, 1.54) is 18.6 Å². The molecule has 3 aliphatic carbocycles. The topological polar surface area (TPSA) is 130 Å². The Kier molecular flexibility index (Phi) is 8.52. The first-order valence-electron chi connectivity index (χ1n) is 16.1. The molecule has 0 aromatic heterocycles. The number of hydrogen-bond acceptors (Lipinski definition) is 7. The van der Waals surface area contributed by atoms with Crippen molar-refractivity contribution in [3.8, 4) is 17.2 Å². The van der Waals surface area contributed by atoms with E-state index in [0.717, 1.165) is 24.0 Å². The number of ketones is 2. The van der Waals surface area contributed by atoms with Crippen LogP contribution in [0.2, 0.25) is 0 Å². The molecule has 4 bridgehead atoms. The Morgan fingerprint density at radius 2 is 1.59 bits per heavy atom. The van der Waals surface area contributed by atoms with Gasteiger partial charge in [0.2, 0.25) is 0 Å². The number of phenolic OH excluding ortho intramolecular Hbond substituents is 2. The minimum Gasteiger partial charge on any atom is -0.507 e. The summed E-state index contributed by atoms with van der Waals surface area (Å²) >= 11 is 0. The summed E-state index contributed by atoms with van der Waals surface area (Å²) in [6.07, 6.45) is 11.6. The van der Waals surface area contributed by atoms with Gasteiger partial charge in [0.1, 0.15) is 22.8 Å². The lowest BCUT2D eigenvalue weighted by Gasteiger charge is -2.56. The highest BCUT2D eigenvalue weighted by Gasteiger charge is 2.81. The fourth-order valence-corrected chi connectivity index (χ4v) is 7.80. The molecular weight excluding hydrogens is 584 g/mol. The number of carbonyl (C=O) groups excluding carboxylic acids is 2. The second-order valence-electron chi connectivity index (χ2n) is 14.4. The molecule has 2 aliphatic heterocycles. The average Bonchev–Trinajstić information content (AvgIpc) is 3.12. The number of phenols is 2. The fraction of sp³-hybridized carbons (Fsp3) is 0.500. The van der Waals surface area contributed by atoms with E-state index in [1.807, 2.05) is 46.8 Å². The molecule has 6 rings (SSSR count). The number of rotatable bonds is 10. The number of Topliss-reactive ketones (excluding diaryl/α,β-unsaturated/α-hetero) is 2. The zero-order valence-corrected chi connectivity index (χ0v) is 28.2. The van der Waals surface area contributed by atoms with Gasteiger partial charge in [0, 0.05) is 40.5 Å². The van der Waals surface area contributed by atoms with Gasteiger partial charge in [0.05, 0.1) is 5.60 Å². The number of hydrogen-bond donors (Lipinski definition) is 3. The van der Waals surface area contributed by atoms with E-state index in [4.69, 9.17) is 9.47 Å². The highest BCUT2D eigenvalue weighted by Crippen LogP contribution is 2.68. The van der Waals surface area contributed by atoms with Crippen LogP contribution in [0.15, 0.2) is 58.2 Å². The number of aromatic hydroxyl groups is 2. The van der Waals surface area contributed by atoms with Gasteiger partial charge in [-0.2, -0.15) is 0 Å². The number of benzene rings is 1. The third kappa shape index (κ3) is 5.05. The molecule has 1 aromatic rings. The molecule has 46 heavy (non-hydrogen) atoms. The minimum atomic E-state index is -1.67. The van der Waals surface area contributed by atoms with E-state index < -0.39 is 40.4 Å². The maximum Gasteiger partial charge on any atom is 0.330 e. The lowest BCUT2D eigenvalue weighted by Crippen LogP contribution is -2.72. The van der Waals surface area contributed by atoms with Crippen molar-refractivity contribution in [2.24, 2.45) is 11.8 Å². The van der Waals surface area contributed by atoms with Crippen LogP contribution in [0.25, 0.3) is 0 Å². The molecule has 8 nitrogen and oxygen atoms in total. The van der Waals surface area contributed by atoms with Crippen LogP contribution in [0.4, 0.5) is 0 Å². The number of fused-ring (bicyclic) bond motifs is 1. The molecule has 2 heterocycles. The monoisotopic (exact) mass is 630 g/mol. The maximum atomic E-state index is 14.7. The molecule has 4 atom stereocenters. The van der Waals surface area contributed by atoms with Crippen molar-refractivity contribution in [3.63, 3.8) is 0 Å². The predicted molar refractivity (Wildman–Crippen MR) is 175 cm³/mol. The van der Waals surface area contributed by atoms with E-state index >= 15 is 0 Å². The van der Waals surface area contributed by atoms with E-state index in [-0.39, 0.29) is 64.6 Å². The number of carboxylic acids is 1. The van der Waals surface area contributed by atoms with Crippen LogP contribution in [0.3, 0.4) is 0 Å². The predicted octanol–water partition coefficient (Wildman–Crippen LogP) is 7.27. The van der Waals surface area contributed by atoms with Gasteiger partial charge >= 0.3 is 5.97 Å². The van der Waals surface area contributed by atoms with Gasteiger partial charge in [-0.3, -0.25) is 9.59 Å². The first-order valence-corrected chi connectivity index (χ1v) is 16.1. The van der Waals surface area contributed by atoms with Crippen LogP contribution in [0.1, 0.15) is 103 Å². The molecule has 246 valence electrons. The van der Waals surface area contributed by atoms with Gasteiger partial charge in [-0.1, -0.05) is 47.1 Å². The van der Waals surface area contributed by atoms with Crippen molar-refractivity contribution < 1.29 is 39.2 Å². The van der Waals surface area contributed by atoms with E-state index in [9.17, 15) is 29.7 Å². The lowest BCUT2D eigenvalue weighted by atomic mass is 9.51. The fourth-order valence-electron chi connectivity index (χ4n) is 7.80. The molecule has 1 saturated heterocycles. The molecule has 2 fully saturated rings. The smallest absolute Gasteiger partial charge is 0.330 e. The highest BCUT2D eigenvalue weighted by atomic mass is 16.6. The summed E-state index contributed by atoms with van der Waals surface area (Å²) < 4.78 is 13.6. The Morgan fingerprint density at radius 3 is 2.22 bits per heavy atom. The van der Waals surface area contributed by atoms with Crippen molar-refractivity contribution >= 4 is 17.5 Å². The zero-order valence-electron chi connectivity index (χ0n) is 28.2. The van der Waals surface area contributed by atoms with Crippen LogP contribution in [0.5, 0.6) is 17.2 Å². The molecule has 3 N–H and O–H groups in total. The minimum absolute atomic E-state index is 0.0259. The van der Waals surface area contributed by atoms with Gasteiger partial charge in [-0.15, -0.1) is 0 Å². The summed E-state index contributed by atoms with van der Waals surface area (Å²) in [6, 6.07) is 0. The Morgan fingerprint density at radius 1 is 0.935 bits per heavy atom. The van der Waals surface area contributed by atoms with E-state index in [1.54, 1.807) is 6.08 Å². The third-order valence-electron chi connectivity index (χ3n) is 10.2. The van der Waals surface area contributed by atoms with Crippen molar-refractivity contribution in [2.75, 3.05) is 0 Å². The molecule has 1 unspecified atom stereocenters. The summed E-state index contributed by atoms with van der Waals surface area (Å²) in [7, 11) is 0. The van der Waals surface area contributed by atoms with Crippen LogP contribution >= 0.6 is 0 Å². The Hall–Kier alpha value is -3.91. The molecule has 1 aromatic carbocycles. The number of ether oxygens (including phenoxy) is 2. The molecule has 0 amide bonds. The van der Waals surface area contributed by atoms with Crippen LogP contribution in [0, 0.1) is 11.8 Å². The number of allylic oxidation sites excluding steroid dienone is 7. The first-order chi connectivity index (χ1) is 21.5. The maximum absolute atomic E-state index is 14.7. The van der Waals surface area contributed by atoms with Crippen molar-refractivity contribution in [2.45, 2.75) is 111 Å². The molecule has 0 radical (unpaired) electrons. The largest absolute Gasteiger partial charge is 0.507 e. The van der Waals surface area contributed by atoms with E-state index in [2.05, 4.69) is 19.9 Å². The summed E-state index contributed by atoms with van der Waals surface area (Å²) in [4.78, 5) is 40.6. The van der Waals surface area contributed by atoms with Gasteiger partial charge in [0.25, 0.3) is 0 Å². The second-order valence-corrected chi connectivity index (χ2v) is 14.4. The van der Waals surface area contributed by atoms with Gasteiger partial charge in [-0.05, 0) is 87.5 Å². The Balaban J connectivity index is 1.71. The molecule has 5 aliphatic rings. The van der Waals surface area contributed by atoms with Crippen molar-refractivity contribution in [3.05, 3.63) is 74.9 Å². The van der Waals surface area contributed by atoms with Crippen LogP contribution < -0.4 is 4.74 Å². The molecular formula is C38H46O8. The van der Waals surface area contributed by atoms with Gasteiger partial charge in [-0.25, -0.2) is 4.79 Å². The highest BCUT2D eigenvalue weighted by molar-refractivity contribution is 6.18. The summed E-state index contributed by atoms with van der Waals surface area (Å²) in [5.41, 5.74) is 0.0623. The van der Waals surface area contributed by atoms with E-state index in [0.29, 0.717) is 12.0 Å². The standard InChI is InChI=1S/C38H46O8/c1-20(2)10-9-11-22(5)13-15-25-30(39)26(14-12-21(3)4)33-29(31(25)40)32(41)27-18-24-19-28-36(7,8)46-37(34(24)42,38(27,28)45-33)17-16-23(6)35(43)44/h10,12-13,16,18,24,28,39-40H,9,11,14-15,17,19H2,1-8H3,(H,43,44)/b22-13+,23-16+/t24-,28?,37-,38-/m1/s1. The van der Waals surface area contributed by atoms with Crippen molar-refractivity contribution in [1.82, 2.24) is 0 Å². The van der Waals surface area contributed by atoms with Crippen molar-refractivity contribution in [1.29, 1.82) is 0 Å².